The zero-order valence-electron chi connectivity index (χ0n) is 12.0. The summed E-state index contributed by atoms with van der Waals surface area (Å²) in [5.74, 6) is 1.69. The van der Waals surface area contributed by atoms with E-state index in [0.29, 0.717) is 17.2 Å². The van der Waals surface area contributed by atoms with Crippen molar-refractivity contribution in [3.63, 3.8) is 0 Å². The second-order valence-corrected chi connectivity index (χ2v) is 6.30. The highest BCUT2D eigenvalue weighted by Gasteiger charge is 2.44. The number of rotatable bonds is 3. The van der Waals surface area contributed by atoms with Crippen LogP contribution in [-0.2, 0) is 10.3 Å². The van der Waals surface area contributed by atoms with Crippen LogP contribution in [0.25, 0.3) is 11.0 Å². The van der Waals surface area contributed by atoms with Crippen molar-refractivity contribution < 1.29 is 4.74 Å². The average Bonchev–Trinajstić information content (AvgIpc) is 2.88. The maximum absolute atomic E-state index is 7.61. The standard InChI is InChI=1S/C17H16ClN3O/c18-11-2-7-14-15(10-11)21-16(20-14)17(8-1-9-17)22-13-5-3-12(19)4-6-13/h2-3,5-7,10,19H,1,4,8-9H2,(H,20,21). The summed E-state index contributed by atoms with van der Waals surface area (Å²) in [5.41, 5.74) is 2.08. The number of nitrogens with zero attached hydrogens (tertiary/aromatic N) is 1. The van der Waals surface area contributed by atoms with Gasteiger partial charge < -0.3 is 15.1 Å². The minimum absolute atomic E-state index is 0.374. The van der Waals surface area contributed by atoms with Gasteiger partial charge in [-0.15, -0.1) is 0 Å². The highest BCUT2D eigenvalue weighted by atomic mass is 35.5. The quantitative estimate of drug-likeness (QED) is 0.877. The lowest BCUT2D eigenvalue weighted by molar-refractivity contribution is -0.0695. The molecular formula is C17H16ClN3O. The van der Waals surface area contributed by atoms with E-state index >= 15 is 0 Å². The van der Waals surface area contributed by atoms with Gasteiger partial charge >= 0.3 is 0 Å². The molecule has 0 spiro atoms. The third-order valence-corrected chi connectivity index (χ3v) is 4.56. The molecule has 2 aliphatic carbocycles. The van der Waals surface area contributed by atoms with Crippen molar-refractivity contribution in [2.24, 2.45) is 0 Å². The Kier molecular flexibility index (Phi) is 3.08. The van der Waals surface area contributed by atoms with Crippen LogP contribution in [0, 0.1) is 5.41 Å². The molecule has 22 heavy (non-hydrogen) atoms. The zero-order valence-corrected chi connectivity index (χ0v) is 12.8. The SMILES string of the molecule is N=C1C=CC(OC2(c3nc4ccc(Cl)cc4[nH]3)CCC2)=CC1. The van der Waals surface area contributed by atoms with Gasteiger partial charge in [0.05, 0.1) is 11.0 Å². The lowest BCUT2D eigenvalue weighted by Crippen LogP contribution is -2.38. The molecule has 0 bridgehead atoms. The number of benzene rings is 1. The minimum atomic E-state index is -0.374. The van der Waals surface area contributed by atoms with E-state index in [2.05, 4.69) is 4.98 Å². The van der Waals surface area contributed by atoms with Crippen molar-refractivity contribution in [1.82, 2.24) is 9.97 Å². The molecule has 1 aromatic heterocycles. The summed E-state index contributed by atoms with van der Waals surface area (Å²) in [6.07, 6.45) is 9.27. The number of aromatic nitrogens is 2. The summed E-state index contributed by atoms with van der Waals surface area (Å²) >= 11 is 6.04. The van der Waals surface area contributed by atoms with E-state index in [4.69, 9.17) is 26.7 Å². The molecule has 0 saturated heterocycles. The predicted octanol–water partition coefficient (Wildman–Crippen LogP) is 4.48. The van der Waals surface area contributed by atoms with Crippen molar-refractivity contribution in [2.45, 2.75) is 31.3 Å². The number of allylic oxidation sites excluding steroid dienone is 3. The molecule has 2 aromatic rings. The van der Waals surface area contributed by atoms with Crippen LogP contribution in [0.4, 0.5) is 0 Å². The fourth-order valence-electron chi connectivity index (χ4n) is 2.91. The number of nitrogens with one attached hydrogen (secondary N) is 2. The molecule has 1 fully saturated rings. The Hall–Kier alpha value is -2.07. The molecule has 5 heteroatoms. The van der Waals surface area contributed by atoms with Crippen LogP contribution in [0.5, 0.6) is 0 Å². The fourth-order valence-corrected chi connectivity index (χ4v) is 3.09. The molecule has 0 atom stereocenters. The Labute approximate surface area is 133 Å². The number of hydrogen-bond acceptors (Lipinski definition) is 3. The Morgan fingerprint density at radius 2 is 2.14 bits per heavy atom. The van der Waals surface area contributed by atoms with Crippen LogP contribution < -0.4 is 0 Å². The van der Waals surface area contributed by atoms with Crippen molar-refractivity contribution in [2.75, 3.05) is 0 Å². The molecule has 1 aromatic carbocycles. The number of aromatic amines is 1. The third-order valence-electron chi connectivity index (χ3n) is 4.32. The van der Waals surface area contributed by atoms with Gasteiger partial charge in [-0.2, -0.15) is 0 Å². The van der Waals surface area contributed by atoms with Gasteiger partial charge in [-0.3, -0.25) is 0 Å². The molecule has 0 unspecified atom stereocenters. The van der Waals surface area contributed by atoms with E-state index in [0.717, 1.165) is 41.9 Å². The number of ether oxygens (including phenoxy) is 1. The van der Waals surface area contributed by atoms with Gasteiger partial charge in [-0.25, -0.2) is 4.98 Å². The first-order valence-electron chi connectivity index (χ1n) is 7.45. The van der Waals surface area contributed by atoms with Crippen molar-refractivity contribution in [3.05, 3.63) is 53.0 Å². The molecular weight excluding hydrogens is 298 g/mol. The van der Waals surface area contributed by atoms with E-state index in [1.807, 2.05) is 30.4 Å². The molecule has 2 aliphatic rings. The monoisotopic (exact) mass is 313 g/mol. The summed E-state index contributed by atoms with van der Waals surface area (Å²) in [7, 11) is 0. The lowest BCUT2D eigenvalue weighted by Gasteiger charge is -2.40. The van der Waals surface area contributed by atoms with Gasteiger partial charge in [0, 0.05) is 17.2 Å². The van der Waals surface area contributed by atoms with E-state index < -0.39 is 0 Å². The second kappa shape index (κ2) is 4.99. The van der Waals surface area contributed by atoms with Crippen LogP contribution in [0.15, 0.2) is 42.2 Å². The van der Waals surface area contributed by atoms with Gasteiger partial charge in [-0.1, -0.05) is 11.6 Å². The van der Waals surface area contributed by atoms with Gasteiger partial charge in [0.2, 0.25) is 0 Å². The highest BCUT2D eigenvalue weighted by molar-refractivity contribution is 6.31. The molecule has 2 N–H and O–H groups in total. The Balaban J connectivity index is 1.67. The first kappa shape index (κ1) is 13.6. The Morgan fingerprint density at radius 3 is 2.82 bits per heavy atom. The number of hydrogen-bond donors (Lipinski definition) is 2. The molecule has 112 valence electrons. The van der Waals surface area contributed by atoms with Crippen LogP contribution in [0.2, 0.25) is 5.02 Å². The molecule has 0 amide bonds. The van der Waals surface area contributed by atoms with Gasteiger partial charge in [0.1, 0.15) is 5.76 Å². The molecule has 1 saturated carbocycles. The smallest absolute Gasteiger partial charge is 0.166 e. The zero-order chi connectivity index (χ0) is 15.2. The first-order valence-corrected chi connectivity index (χ1v) is 7.83. The maximum atomic E-state index is 7.61. The van der Waals surface area contributed by atoms with Gasteiger partial charge in [0.25, 0.3) is 0 Å². The van der Waals surface area contributed by atoms with E-state index in [1.54, 1.807) is 6.08 Å². The van der Waals surface area contributed by atoms with E-state index in [1.165, 1.54) is 0 Å². The normalized spacial score (nSPS) is 19.9. The van der Waals surface area contributed by atoms with Crippen LogP contribution in [-0.4, -0.2) is 15.7 Å². The first-order chi connectivity index (χ1) is 10.6. The summed E-state index contributed by atoms with van der Waals surface area (Å²) in [6.45, 7) is 0. The predicted molar refractivity (Wildman–Crippen MR) is 87.3 cm³/mol. The van der Waals surface area contributed by atoms with Crippen molar-refractivity contribution in [3.8, 4) is 0 Å². The Bertz CT molecular complexity index is 814. The van der Waals surface area contributed by atoms with Crippen molar-refractivity contribution in [1.29, 1.82) is 5.41 Å². The lowest BCUT2D eigenvalue weighted by atomic mass is 9.79. The summed E-state index contributed by atoms with van der Waals surface area (Å²) in [4.78, 5) is 8.06. The van der Waals surface area contributed by atoms with Gasteiger partial charge in [-0.05, 0) is 55.7 Å². The largest absolute Gasteiger partial charge is 0.480 e. The summed E-state index contributed by atoms with van der Waals surface area (Å²) in [5, 5.41) is 8.30. The number of halogens is 1. The molecule has 0 aliphatic heterocycles. The van der Waals surface area contributed by atoms with E-state index in [9.17, 15) is 0 Å². The number of H-pyrrole nitrogens is 1. The maximum Gasteiger partial charge on any atom is 0.166 e. The topological polar surface area (TPSA) is 61.8 Å². The van der Waals surface area contributed by atoms with Crippen molar-refractivity contribution >= 4 is 28.3 Å². The molecule has 1 heterocycles. The van der Waals surface area contributed by atoms with E-state index in [-0.39, 0.29) is 5.60 Å². The molecule has 4 rings (SSSR count). The average molecular weight is 314 g/mol. The van der Waals surface area contributed by atoms with Gasteiger partial charge in [0.15, 0.2) is 11.4 Å². The van der Waals surface area contributed by atoms with Crippen LogP contribution in [0.3, 0.4) is 0 Å². The third kappa shape index (κ3) is 2.24. The number of fused-ring (bicyclic) bond motifs is 1. The summed E-state index contributed by atoms with van der Waals surface area (Å²) < 4.78 is 6.26. The molecule has 0 radical (unpaired) electrons. The van der Waals surface area contributed by atoms with Crippen LogP contribution in [0.1, 0.15) is 31.5 Å². The Morgan fingerprint density at radius 1 is 1.27 bits per heavy atom. The minimum Gasteiger partial charge on any atom is -0.480 e. The molecule has 4 nitrogen and oxygen atoms in total. The van der Waals surface area contributed by atoms with Crippen LogP contribution >= 0.6 is 11.6 Å². The fraction of sp³-hybridized carbons (Fsp3) is 0.294. The summed E-state index contributed by atoms with van der Waals surface area (Å²) in [6, 6.07) is 5.66. The second-order valence-electron chi connectivity index (χ2n) is 5.87. The highest BCUT2D eigenvalue weighted by Crippen LogP contribution is 2.45. The number of imidazole rings is 1.